The molecule has 6 heteroatoms. The highest BCUT2D eigenvalue weighted by atomic mass is 19.1. The molecule has 0 bridgehead atoms. The average Bonchev–Trinajstić information content (AvgIpc) is 2.86. The third kappa shape index (κ3) is 2.50. The van der Waals surface area contributed by atoms with Crippen molar-refractivity contribution in [2.75, 3.05) is 0 Å². The molecular weight excluding hydrogens is 285 g/mol. The molecule has 0 saturated carbocycles. The lowest BCUT2D eigenvalue weighted by Gasteiger charge is -2.14. The lowest BCUT2D eigenvalue weighted by atomic mass is 10.2. The Kier molecular flexibility index (Phi) is 3.50. The summed E-state index contributed by atoms with van der Waals surface area (Å²) in [5, 5.41) is 11.3. The minimum atomic E-state index is -1.13. The molecule has 0 aliphatic heterocycles. The Morgan fingerprint density at radius 3 is 2.68 bits per heavy atom. The standard InChI is InChI=1S/C16H14FN3O2/c1-10(18-16(21)22)15-19-13-9-11(17)7-8-14(13)20(15)12-5-3-2-4-6-12/h2-10,18H,1H3,(H,21,22)/t10-/m0/s1. The smallest absolute Gasteiger partial charge is 0.405 e. The summed E-state index contributed by atoms with van der Waals surface area (Å²) in [5.41, 5.74) is 2.05. The molecule has 1 atom stereocenters. The van der Waals surface area contributed by atoms with Gasteiger partial charge in [0.15, 0.2) is 0 Å². The van der Waals surface area contributed by atoms with Crippen LogP contribution in [0.4, 0.5) is 9.18 Å². The van der Waals surface area contributed by atoms with Crippen molar-refractivity contribution in [3.8, 4) is 5.69 Å². The topological polar surface area (TPSA) is 67.2 Å². The van der Waals surface area contributed by atoms with Gasteiger partial charge in [0, 0.05) is 11.8 Å². The third-order valence-corrected chi connectivity index (χ3v) is 3.38. The van der Waals surface area contributed by atoms with Gasteiger partial charge in [-0.1, -0.05) is 18.2 Å². The summed E-state index contributed by atoms with van der Waals surface area (Å²) in [5.74, 6) is 0.129. The zero-order chi connectivity index (χ0) is 15.7. The molecule has 112 valence electrons. The Morgan fingerprint density at radius 1 is 1.27 bits per heavy atom. The maximum atomic E-state index is 13.4. The zero-order valence-electron chi connectivity index (χ0n) is 11.8. The van der Waals surface area contributed by atoms with Crippen molar-refractivity contribution < 1.29 is 14.3 Å². The van der Waals surface area contributed by atoms with Crippen molar-refractivity contribution in [3.05, 3.63) is 60.2 Å². The summed E-state index contributed by atoms with van der Waals surface area (Å²) in [6, 6.07) is 13.2. The highest BCUT2D eigenvalue weighted by Gasteiger charge is 2.19. The van der Waals surface area contributed by atoms with E-state index in [1.165, 1.54) is 12.1 Å². The second-order valence-corrected chi connectivity index (χ2v) is 4.95. The molecule has 22 heavy (non-hydrogen) atoms. The molecule has 0 unspecified atom stereocenters. The largest absolute Gasteiger partial charge is 0.465 e. The lowest BCUT2D eigenvalue weighted by molar-refractivity contribution is 0.190. The number of aromatic nitrogens is 2. The van der Waals surface area contributed by atoms with E-state index in [4.69, 9.17) is 5.11 Å². The molecule has 3 rings (SSSR count). The van der Waals surface area contributed by atoms with E-state index in [2.05, 4.69) is 10.3 Å². The molecule has 1 aromatic heterocycles. The van der Waals surface area contributed by atoms with E-state index in [1.807, 2.05) is 34.9 Å². The number of para-hydroxylation sites is 1. The van der Waals surface area contributed by atoms with Crippen LogP contribution in [0, 0.1) is 5.82 Å². The van der Waals surface area contributed by atoms with Crippen molar-refractivity contribution in [3.63, 3.8) is 0 Å². The number of carboxylic acid groups (broad SMARTS) is 1. The first-order valence-corrected chi connectivity index (χ1v) is 6.79. The first-order chi connectivity index (χ1) is 10.6. The number of nitrogens with zero attached hydrogens (tertiary/aromatic N) is 2. The molecule has 0 aliphatic carbocycles. The van der Waals surface area contributed by atoms with Crippen LogP contribution < -0.4 is 5.32 Å². The molecule has 5 nitrogen and oxygen atoms in total. The number of amides is 1. The van der Waals surface area contributed by atoms with Crippen LogP contribution >= 0.6 is 0 Å². The number of hydrogen-bond acceptors (Lipinski definition) is 2. The molecule has 0 saturated heterocycles. The Labute approximate surface area is 126 Å². The van der Waals surface area contributed by atoms with E-state index in [1.54, 1.807) is 13.0 Å². The van der Waals surface area contributed by atoms with Gasteiger partial charge in [-0.3, -0.25) is 4.57 Å². The van der Waals surface area contributed by atoms with Crippen molar-refractivity contribution in [1.29, 1.82) is 0 Å². The van der Waals surface area contributed by atoms with Gasteiger partial charge in [0.1, 0.15) is 11.6 Å². The molecule has 0 radical (unpaired) electrons. The summed E-state index contributed by atoms with van der Waals surface area (Å²) in [6.45, 7) is 1.70. The Bertz CT molecular complexity index is 830. The van der Waals surface area contributed by atoms with E-state index < -0.39 is 12.1 Å². The van der Waals surface area contributed by atoms with Crippen LogP contribution in [0.15, 0.2) is 48.5 Å². The normalized spacial score (nSPS) is 12.3. The number of benzene rings is 2. The molecule has 1 heterocycles. The number of halogens is 1. The van der Waals surface area contributed by atoms with Gasteiger partial charge in [0.25, 0.3) is 0 Å². The molecule has 0 spiro atoms. The zero-order valence-corrected chi connectivity index (χ0v) is 11.8. The van der Waals surface area contributed by atoms with Crippen LogP contribution in [-0.2, 0) is 0 Å². The molecule has 2 N–H and O–H groups in total. The predicted molar refractivity (Wildman–Crippen MR) is 80.6 cm³/mol. The summed E-state index contributed by atoms with van der Waals surface area (Å²) < 4.78 is 15.3. The fourth-order valence-corrected chi connectivity index (χ4v) is 2.46. The minimum Gasteiger partial charge on any atom is -0.465 e. The number of rotatable bonds is 3. The van der Waals surface area contributed by atoms with E-state index in [0.717, 1.165) is 11.2 Å². The van der Waals surface area contributed by atoms with Gasteiger partial charge in [0.05, 0.1) is 17.1 Å². The number of carbonyl (C=O) groups is 1. The SMILES string of the molecule is C[C@H](NC(=O)O)c1nc2cc(F)ccc2n1-c1ccccc1. The average molecular weight is 299 g/mol. The van der Waals surface area contributed by atoms with Crippen LogP contribution in [0.25, 0.3) is 16.7 Å². The Morgan fingerprint density at radius 2 is 2.00 bits per heavy atom. The van der Waals surface area contributed by atoms with Crippen LogP contribution in [0.1, 0.15) is 18.8 Å². The van der Waals surface area contributed by atoms with Crippen LogP contribution in [0.3, 0.4) is 0 Å². The van der Waals surface area contributed by atoms with Crippen molar-refractivity contribution >= 4 is 17.1 Å². The van der Waals surface area contributed by atoms with E-state index in [9.17, 15) is 9.18 Å². The first-order valence-electron chi connectivity index (χ1n) is 6.79. The summed E-state index contributed by atoms with van der Waals surface area (Å²) in [6.07, 6.45) is -1.13. The molecule has 3 aromatic rings. The van der Waals surface area contributed by atoms with Gasteiger partial charge in [-0.05, 0) is 31.2 Å². The van der Waals surface area contributed by atoms with Gasteiger partial charge in [-0.15, -0.1) is 0 Å². The summed E-state index contributed by atoms with van der Waals surface area (Å²) in [4.78, 5) is 15.3. The number of nitrogens with one attached hydrogen (secondary N) is 1. The van der Waals surface area contributed by atoms with Crippen molar-refractivity contribution in [2.45, 2.75) is 13.0 Å². The predicted octanol–water partition coefficient (Wildman–Crippen LogP) is 3.49. The fraction of sp³-hybridized carbons (Fsp3) is 0.125. The fourth-order valence-electron chi connectivity index (χ4n) is 2.46. The van der Waals surface area contributed by atoms with Crippen LogP contribution in [-0.4, -0.2) is 20.8 Å². The van der Waals surface area contributed by atoms with Crippen LogP contribution in [0.5, 0.6) is 0 Å². The number of fused-ring (bicyclic) bond motifs is 1. The van der Waals surface area contributed by atoms with Gasteiger partial charge in [-0.2, -0.15) is 0 Å². The summed E-state index contributed by atoms with van der Waals surface area (Å²) >= 11 is 0. The maximum absolute atomic E-state index is 13.4. The molecular formula is C16H14FN3O2. The monoisotopic (exact) mass is 299 g/mol. The minimum absolute atomic E-state index is 0.379. The number of hydrogen-bond donors (Lipinski definition) is 2. The third-order valence-electron chi connectivity index (χ3n) is 3.38. The highest BCUT2D eigenvalue weighted by Crippen LogP contribution is 2.25. The van der Waals surface area contributed by atoms with E-state index in [0.29, 0.717) is 11.3 Å². The first kappa shape index (κ1) is 14.1. The van der Waals surface area contributed by atoms with Crippen LogP contribution in [0.2, 0.25) is 0 Å². The number of imidazole rings is 1. The van der Waals surface area contributed by atoms with Crippen molar-refractivity contribution in [2.24, 2.45) is 0 Å². The second-order valence-electron chi connectivity index (χ2n) is 4.95. The molecule has 0 aliphatic rings. The van der Waals surface area contributed by atoms with Gasteiger partial charge < -0.3 is 10.4 Å². The van der Waals surface area contributed by atoms with E-state index in [-0.39, 0.29) is 5.82 Å². The van der Waals surface area contributed by atoms with Gasteiger partial charge in [0.2, 0.25) is 0 Å². The van der Waals surface area contributed by atoms with Gasteiger partial charge in [-0.25, -0.2) is 14.2 Å². The molecule has 1 amide bonds. The van der Waals surface area contributed by atoms with Gasteiger partial charge >= 0.3 is 6.09 Å². The Hall–Kier alpha value is -2.89. The maximum Gasteiger partial charge on any atom is 0.405 e. The Balaban J connectivity index is 2.24. The van der Waals surface area contributed by atoms with Crippen molar-refractivity contribution in [1.82, 2.24) is 14.9 Å². The second kappa shape index (κ2) is 5.48. The molecule has 2 aromatic carbocycles. The quantitative estimate of drug-likeness (QED) is 0.778. The summed E-state index contributed by atoms with van der Waals surface area (Å²) in [7, 11) is 0. The lowest BCUT2D eigenvalue weighted by Crippen LogP contribution is -2.26. The molecule has 0 fully saturated rings. The van der Waals surface area contributed by atoms with E-state index >= 15 is 0 Å². The highest BCUT2D eigenvalue weighted by molar-refractivity contribution is 5.78.